The summed E-state index contributed by atoms with van der Waals surface area (Å²) < 4.78 is 38.5. The lowest BCUT2D eigenvalue weighted by Crippen LogP contribution is -2.26. The van der Waals surface area contributed by atoms with Crippen molar-refractivity contribution in [2.24, 2.45) is 10.8 Å². The molecular formula is C22H40F2O2. The van der Waals surface area contributed by atoms with Gasteiger partial charge in [0, 0.05) is 10.8 Å². The molecule has 0 bridgehead atoms. The third-order valence-electron chi connectivity index (χ3n) is 6.22. The van der Waals surface area contributed by atoms with Crippen LogP contribution in [0.1, 0.15) is 112 Å². The van der Waals surface area contributed by atoms with E-state index in [1.54, 1.807) is 0 Å². The molecule has 1 aliphatic heterocycles. The van der Waals surface area contributed by atoms with E-state index in [9.17, 15) is 8.78 Å². The zero-order valence-electron chi connectivity index (χ0n) is 17.9. The van der Waals surface area contributed by atoms with Crippen molar-refractivity contribution in [3.63, 3.8) is 0 Å². The van der Waals surface area contributed by atoms with Crippen molar-refractivity contribution in [2.45, 2.75) is 118 Å². The Bertz CT molecular complexity index is 455. The third kappa shape index (κ3) is 5.85. The number of halogens is 2. The molecule has 1 rings (SSSR count). The summed E-state index contributed by atoms with van der Waals surface area (Å²) in [6.45, 7) is 12.5. The lowest BCUT2D eigenvalue weighted by Gasteiger charge is -2.33. The smallest absolute Gasteiger partial charge is 0.400 e. The number of alkyl halides is 2. The zero-order chi connectivity index (χ0) is 19.8. The van der Waals surface area contributed by atoms with Crippen molar-refractivity contribution in [1.82, 2.24) is 0 Å². The van der Waals surface area contributed by atoms with Gasteiger partial charge in [0.05, 0.1) is 0 Å². The highest BCUT2D eigenvalue weighted by atomic mass is 19.3. The van der Waals surface area contributed by atoms with Gasteiger partial charge in [0.25, 0.3) is 0 Å². The summed E-state index contributed by atoms with van der Waals surface area (Å²) in [5.74, 6) is 0.809. The summed E-state index contributed by atoms with van der Waals surface area (Å²) in [7, 11) is 0. The minimum atomic E-state index is -3.54. The Balaban J connectivity index is 3.19. The van der Waals surface area contributed by atoms with Crippen LogP contribution in [0, 0.1) is 10.8 Å². The quantitative estimate of drug-likeness (QED) is 0.303. The second-order valence-corrected chi connectivity index (χ2v) is 8.42. The second kappa shape index (κ2) is 9.94. The maximum atomic E-state index is 14.1. The highest BCUT2D eigenvalue weighted by molar-refractivity contribution is 5.21. The number of hydrogen-bond acceptors (Lipinski definition) is 2. The molecule has 1 unspecified atom stereocenters. The first-order valence-electron chi connectivity index (χ1n) is 10.7. The van der Waals surface area contributed by atoms with Crippen LogP contribution >= 0.6 is 0 Å². The molecule has 154 valence electrons. The van der Waals surface area contributed by atoms with E-state index >= 15 is 0 Å². The van der Waals surface area contributed by atoms with Crippen molar-refractivity contribution in [2.75, 3.05) is 0 Å². The van der Waals surface area contributed by atoms with E-state index in [0.717, 1.165) is 57.8 Å². The molecule has 0 amide bonds. The topological polar surface area (TPSA) is 18.5 Å². The SMILES string of the molecule is CCCCCCC(C)(CCCCC)C1=C(C(C)(CC)CC)OC(F)(F)O1. The molecule has 0 radical (unpaired) electrons. The molecule has 1 heterocycles. The summed E-state index contributed by atoms with van der Waals surface area (Å²) in [5.41, 5.74) is -0.797. The van der Waals surface area contributed by atoms with Crippen LogP contribution in [0.25, 0.3) is 0 Å². The number of hydrogen-bond donors (Lipinski definition) is 0. The largest absolute Gasteiger partial charge is 0.585 e. The zero-order valence-corrected chi connectivity index (χ0v) is 17.9. The summed E-state index contributed by atoms with van der Waals surface area (Å²) in [6.07, 6.45) is 7.51. The fourth-order valence-corrected chi connectivity index (χ4v) is 3.78. The van der Waals surface area contributed by atoms with Crippen molar-refractivity contribution in [3.8, 4) is 0 Å². The molecule has 0 aliphatic carbocycles. The van der Waals surface area contributed by atoms with Gasteiger partial charge in [-0.15, -0.1) is 8.78 Å². The van der Waals surface area contributed by atoms with Gasteiger partial charge in [-0.3, -0.25) is 0 Å². The van der Waals surface area contributed by atoms with Crippen molar-refractivity contribution >= 4 is 0 Å². The molecule has 1 atom stereocenters. The van der Waals surface area contributed by atoms with Gasteiger partial charge in [-0.25, -0.2) is 0 Å². The molecule has 26 heavy (non-hydrogen) atoms. The first-order chi connectivity index (χ1) is 12.2. The Morgan fingerprint density at radius 1 is 0.692 bits per heavy atom. The maximum absolute atomic E-state index is 14.1. The van der Waals surface area contributed by atoms with Gasteiger partial charge in [-0.05, 0) is 25.7 Å². The van der Waals surface area contributed by atoms with Crippen LogP contribution in [-0.2, 0) is 9.47 Å². The van der Waals surface area contributed by atoms with Crippen LogP contribution in [-0.4, -0.2) is 6.29 Å². The van der Waals surface area contributed by atoms with E-state index < -0.39 is 11.7 Å². The fraction of sp³-hybridized carbons (Fsp3) is 0.909. The highest BCUT2D eigenvalue weighted by Gasteiger charge is 2.54. The Hall–Kier alpha value is -0.800. The molecule has 0 aromatic rings. The average molecular weight is 375 g/mol. The number of unbranched alkanes of at least 4 members (excludes halogenated alkanes) is 5. The summed E-state index contributed by atoms with van der Waals surface area (Å²) in [4.78, 5) is 0. The lowest BCUT2D eigenvalue weighted by atomic mass is 9.73. The van der Waals surface area contributed by atoms with Gasteiger partial charge in [-0.2, -0.15) is 0 Å². The van der Waals surface area contributed by atoms with Gasteiger partial charge < -0.3 is 9.47 Å². The molecule has 4 heteroatoms. The molecule has 0 spiro atoms. The van der Waals surface area contributed by atoms with Gasteiger partial charge >= 0.3 is 6.29 Å². The van der Waals surface area contributed by atoms with Crippen LogP contribution in [0.5, 0.6) is 0 Å². The van der Waals surface area contributed by atoms with Crippen LogP contribution in [0.3, 0.4) is 0 Å². The number of rotatable bonds is 13. The molecule has 2 nitrogen and oxygen atoms in total. The summed E-state index contributed by atoms with van der Waals surface area (Å²) >= 11 is 0. The van der Waals surface area contributed by atoms with Gasteiger partial charge in [0.2, 0.25) is 0 Å². The van der Waals surface area contributed by atoms with Crippen LogP contribution in [0.4, 0.5) is 8.78 Å². The molecule has 0 saturated heterocycles. The van der Waals surface area contributed by atoms with E-state index in [-0.39, 0.29) is 5.41 Å². The van der Waals surface area contributed by atoms with E-state index in [1.165, 1.54) is 12.8 Å². The first kappa shape index (κ1) is 23.2. The minimum Gasteiger partial charge on any atom is -0.400 e. The molecule has 0 fully saturated rings. The van der Waals surface area contributed by atoms with E-state index in [0.29, 0.717) is 11.5 Å². The Labute approximate surface area is 159 Å². The Morgan fingerprint density at radius 3 is 1.58 bits per heavy atom. The molecular weight excluding hydrogens is 334 g/mol. The first-order valence-corrected chi connectivity index (χ1v) is 10.7. The van der Waals surface area contributed by atoms with E-state index in [1.807, 2.05) is 20.8 Å². The number of ether oxygens (including phenoxy) is 2. The fourth-order valence-electron chi connectivity index (χ4n) is 3.78. The lowest BCUT2D eigenvalue weighted by molar-refractivity contribution is -0.343. The average Bonchev–Trinajstić information content (AvgIpc) is 2.95. The van der Waals surface area contributed by atoms with E-state index in [2.05, 4.69) is 20.8 Å². The Kier molecular flexibility index (Phi) is 8.88. The van der Waals surface area contributed by atoms with Crippen molar-refractivity contribution in [1.29, 1.82) is 0 Å². The molecule has 0 aromatic heterocycles. The number of allylic oxidation sites excluding steroid dienone is 2. The molecule has 0 saturated carbocycles. The summed E-state index contributed by atoms with van der Waals surface area (Å²) in [5, 5.41) is 0. The van der Waals surface area contributed by atoms with Gasteiger partial charge in [0.1, 0.15) is 0 Å². The summed E-state index contributed by atoms with van der Waals surface area (Å²) in [6, 6.07) is 0. The van der Waals surface area contributed by atoms with Crippen LogP contribution in [0.15, 0.2) is 11.5 Å². The predicted molar refractivity (Wildman–Crippen MR) is 104 cm³/mol. The van der Waals surface area contributed by atoms with Crippen LogP contribution in [0.2, 0.25) is 0 Å². The highest BCUT2D eigenvalue weighted by Crippen LogP contribution is 2.53. The van der Waals surface area contributed by atoms with Crippen LogP contribution < -0.4 is 0 Å². The standard InChI is InChI=1S/C22H40F2O2/c1-7-11-13-15-17-21(6,16-14-12-8-2)19-18(20(5,9-3)10-4)25-22(23,24)26-19/h7-17H2,1-6H3. The normalized spacial score (nSPS) is 19.2. The Morgan fingerprint density at radius 2 is 1.12 bits per heavy atom. The molecule has 1 aliphatic rings. The molecule has 0 N–H and O–H groups in total. The van der Waals surface area contributed by atoms with E-state index in [4.69, 9.17) is 9.47 Å². The van der Waals surface area contributed by atoms with Crippen molar-refractivity contribution in [3.05, 3.63) is 11.5 Å². The second-order valence-electron chi connectivity index (χ2n) is 8.42. The van der Waals surface area contributed by atoms with Gasteiger partial charge in [0.15, 0.2) is 11.5 Å². The maximum Gasteiger partial charge on any atom is 0.585 e. The minimum absolute atomic E-state index is 0.385. The monoisotopic (exact) mass is 374 g/mol. The van der Waals surface area contributed by atoms with Gasteiger partial charge in [-0.1, -0.05) is 86.5 Å². The molecule has 0 aromatic carbocycles. The van der Waals surface area contributed by atoms with Crippen molar-refractivity contribution < 1.29 is 18.3 Å². The third-order valence-corrected chi connectivity index (χ3v) is 6.22. The predicted octanol–water partition coefficient (Wildman–Crippen LogP) is 8.18.